The highest BCUT2D eigenvalue weighted by molar-refractivity contribution is 7.98. The Labute approximate surface area is 181 Å². The van der Waals surface area contributed by atoms with Crippen molar-refractivity contribution in [1.82, 2.24) is 19.4 Å². The third-order valence-electron chi connectivity index (χ3n) is 5.98. The van der Waals surface area contributed by atoms with Gasteiger partial charge in [0.2, 0.25) is 0 Å². The molecule has 0 spiro atoms. The molecule has 0 aliphatic carbocycles. The molecule has 1 aliphatic rings. The molecule has 5 nitrogen and oxygen atoms in total. The van der Waals surface area contributed by atoms with E-state index < -0.39 is 0 Å². The molecular formula is C24H27N5S. The minimum absolute atomic E-state index is 0.495. The third kappa shape index (κ3) is 3.66. The maximum Gasteiger partial charge on any atom is 0.169 e. The molecule has 0 unspecified atom stereocenters. The summed E-state index contributed by atoms with van der Waals surface area (Å²) in [7, 11) is 0. The number of likely N-dealkylation sites (tertiary alicyclic amines) is 1. The second-order valence-corrected chi connectivity index (χ2v) is 8.82. The number of piperidine rings is 1. The average molecular weight is 418 g/mol. The molecule has 0 radical (unpaired) electrons. The molecule has 2 aromatic carbocycles. The van der Waals surface area contributed by atoms with E-state index in [-0.39, 0.29) is 0 Å². The van der Waals surface area contributed by atoms with Gasteiger partial charge in [0, 0.05) is 11.9 Å². The molecule has 5 rings (SSSR count). The first-order valence-corrected chi connectivity index (χ1v) is 11.8. The molecule has 1 aliphatic heterocycles. The van der Waals surface area contributed by atoms with Gasteiger partial charge in [-0.2, -0.15) is 0 Å². The number of nitrogens with zero attached hydrogens (tertiary/aromatic N) is 4. The van der Waals surface area contributed by atoms with Gasteiger partial charge < -0.3 is 10.3 Å². The Morgan fingerprint density at radius 3 is 2.33 bits per heavy atom. The minimum Gasteiger partial charge on any atom is -0.382 e. The number of aromatic nitrogens is 3. The quantitative estimate of drug-likeness (QED) is 0.467. The number of benzene rings is 2. The van der Waals surface area contributed by atoms with Crippen molar-refractivity contribution in [3.63, 3.8) is 0 Å². The fourth-order valence-corrected chi connectivity index (χ4v) is 5.01. The molecule has 2 N–H and O–H groups in total. The Balaban J connectivity index is 1.49. The van der Waals surface area contributed by atoms with Crippen LogP contribution < -0.4 is 5.73 Å². The largest absolute Gasteiger partial charge is 0.382 e. The number of rotatable bonds is 5. The van der Waals surface area contributed by atoms with E-state index >= 15 is 0 Å². The van der Waals surface area contributed by atoms with Gasteiger partial charge in [-0.25, -0.2) is 9.97 Å². The smallest absolute Gasteiger partial charge is 0.169 e. The Bertz CT molecular complexity index is 1180. The normalized spacial score (nSPS) is 15.2. The lowest BCUT2D eigenvalue weighted by molar-refractivity contribution is 0.221. The summed E-state index contributed by atoms with van der Waals surface area (Å²) in [6.45, 7) is 4.27. The standard InChI is InChI=1S/C24H27N5S/c1-30-24-27-21-22(19-7-3-4-8-20(19)26-23(21)25)29(24)16-18-11-9-17(10-12-18)15-28-13-5-2-6-14-28/h3-4,7-12H,2,5-6,13-16H2,1H3,(H2,25,26). The van der Waals surface area contributed by atoms with E-state index in [0.717, 1.165) is 40.2 Å². The molecule has 6 heteroatoms. The van der Waals surface area contributed by atoms with Crippen LogP contribution in [0.1, 0.15) is 30.4 Å². The predicted octanol–water partition coefficient (Wildman–Crippen LogP) is 4.92. The molecular weight excluding hydrogens is 390 g/mol. The lowest BCUT2D eigenvalue weighted by Gasteiger charge is -2.26. The van der Waals surface area contributed by atoms with Crippen LogP contribution in [-0.2, 0) is 13.1 Å². The molecule has 1 saturated heterocycles. The van der Waals surface area contributed by atoms with Crippen LogP contribution in [0.15, 0.2) is 53.7 Å². The van der Waals surface area contributed by atoms with E-state index in [1.807, 2.05) is 18.2 Å². The van der Waals surface area contributed by atoms with Crippen molar-refractivity contribution in [1.29, 1.82) is 0 Å². The maximum absolute atomic E-state index is 6.26. The van der Waals surface area contributed by atoms with Gasteiger partial charge in [0.05, 0.1) is 17.6 Å². The van der Waals surface area contributed by atoms with E-state index in [4.69, 9.17) is 10.7 Å². The first-order chi connectivity index (χ1) is 14.7. The molecule has 2 aromatic heterocycles. The number of anilines is 1. The second-order valence-electron chi connectivity index (χ2n) is 8.05. The van der Waals surface area contributed by atoms with E-state index in [2.05, 4.69) is 51.0 Å². The highest BCUT2D eigenvalue weighted by atomic mass is 32.2. The summed E-state index contributed by atoms with van der Waals surface area (Å²) in [4.78, 5) is 11.9. The van der Waals surface area contributed by atoms with Crippen molar-refractivity contribution in [3.05, 3.63) is 59.7 Å². The van der Waals surface area contributed by atoms with Gasteiger partial charge in [-0.3, -0.25) is 4.90 Å². The number of hydrogen-bond acceptors (Lipinski definition) is 5. The fraction of sp³-hybridized carbons (Fsp3) is 0.333. The van der Waals surface area contributed by atoms with Crippen molar-refractivity contribution < 1.29 is 0 Å². The van der Waals surface area contributed by atoms with E-state index in [0.29, 0.717) is 5.82 Å². The summed E-state index contributed by atoms with van der Waals surface area (Å²) in [5.74, 6) is 0.495. The summed E-state index contributed by atoms with van der Waals surface area (Å²) in [5.41, 5.74) is 11.7. The SMILES string of the molecule is CSc1nc2c(N)nc3ccccc3c2n1Cc1ccc(CN2CCCCC2)cc1. The first kappa shape index (κ1) is 19.4. The minimum atomic E-state index is 0.495. The van der Waals surface area contributed by atoms with Gasteiger partial charge in [-0.1, -0.05) is 60.6 Å². The predicted molar refractivity (Wildman–Crippen MR) is 126 cm³/mol. The second kappa shape index (κ2) is 8.28. The van der Waals surface area contributed by atoms with Gasteiger partial charge in [-0.15, -0.1) is 0 Å². The topological polar surface area (TPSA) is 60.0 Å². The maximum atomic E-state index is 6.26. The summed E-state index contributed by atoms with van der Waals surface area (Å²) in [6, 6.07) is 17.2. The van der Waals surface area contributed by atoms with Gasteiger partial charge in [0.25, 0.3) is 0 Å². The molecule has 154 valence electrons. The number of hydrogen-bond donors (Lipinski definition) is 1. The summed E-state index contributed by atoms with van der Waals surface area (Å²) < 4.78 is 2.28. The van der Waals surface area contributed by atoms with Crippen molar-refractivity contribution in [2.24, 2.45) is 0 Å². The molecule has 0 atom stereocenters. The number of nitrogens with two attached hydrogens (primary N) is 1. The van der Waals surface area contributed by atoms with Crippen LogP contribution in [0.2, 0.25) is 0 Å². The highest BCUT2D eigenvalue weighted by Crippen LogP contribution is 2.32. The van der Waals surface area contributed by atoms with E-state index in [1.54, 1.807) is 11.8 Å². The van der Waals surface area contributed by atoms with Crippen LogP contribution in [0.25, 0.3) is 21.9 Å². The van der Waals surface area contributed by atoms with Crippen molar-refractivity contribution >= 4 is 39.5 Å². The van der Waals surface area contributed by atoms with Crippen LogP contribution in [-0.4, -0.2) is 38.8 Å². The molecule has 3 heterocycles. The van der Waals surface area contributed by atoms with E-state index in [9.17, 15) is 0 Å². The Kier molecular flexibility index (Phi) is 5.35. The average Bonchev–Trinajstić information content (AvgIpc) is 3.15. The van der Waals surface area contributed by atoms with Gasteiger partial charge in [0.15, 0.2) is 11.0 Å². The first-order valence-electron chi connectivity index (χ1n) is 10.6. The zero-order valence-electron chi connectivity index (χ0n) is 17.3. The van der Waals surface area contributed by atoms with Gasteiger partial charge in [0.1, 0.15) is 5.52 Å². The number of pyridine rings is 1. The molecule has 30 heavy (non-hydrogen) atoms. The third-order valence-corrected chi connectivity index (χ3v) is 6.65. The van der Waals surface area contributed by atoms with Crippen LogP contribution >= 0.6 is 11.8 Å². The summed E-state index contributed by atoms with van der Waals surface area (Å²) in [6.07, 6.45) is 6.09. The molecule has 0 amide bonds. The highest BCUT2D eigenvalue weighted by Gasteiger charge is 2.17. The molecule has 0 saturated carbocycles. The Morgan fingerprint density at radius 1 is 0.900 bits per heavy atom. The zero-order chi connectivity index (χ0) is 20.5. The number of imidazole rings is 1. The fourth-order valence-electron chi connectivity index (χ4n) is 4.45. The number of thioether (sulfide) groups is 1. The lowest BCUT2D eigenvalue weighted by Crippen LogP contribution is -2.29. The van der Waals surface area contributed by atoms with Crippen molar-refractivity contribution in [3.8, 4) is 0 Å². The summed E-state index contributed by atoms with van der Waals surface area (Å²) in [5, 5.41) is 2.06. The van der Waals surface area contributed by atoms with Crippen LogP contribution in [0, 0.1) is 0 Å². The summed E-state index contributed by atoms with van der Waals surface area (Å²) >= 11 is 1.65. The lowest BCUT2D eigenvalue weighted by atomic mass is 10.1. The van der Waals surface area contributed by atoms with Crippen molar-refractivity contribution in [2.75, 3.05) is 25.1 Å². The van der Waals surface area contributed by atoms with Crippen LogP contribution in [0.3, 0.4) is 0 Å². The van der Waals surface area contributed by atoms with Crippen LogP contribution in [0.4, 0.5) is 5.82 Å². The monoisotopic (exact) mass is 417 g/mol. The zero-order valence-corrected chi connectivity index (χ0v) is 18.2. The van der Waals surface area contributed by atoms with Gasteiger partial charge in [-0.05, 0) is 49.4 Å². The molecule has 1 fully saturated rings. The number of nitrogen functional groups attached to an aromatic ring is 1. The number of fused-ring (bicyclic) bond motifs is 3. The Morgan fingerprint density at radius 2 is 1.60 bits per heavy atom. The number of para-hydroxylation sites is 1. The van der Waals surface area contributed by atoms with E-state index in [1.165, 1.54) is 43.5 Å². The molecule has 4 aromatic rings. The Hall–Kier alpha value is -2.57. The van der Waals surface area contributed by atoms with Crippen molar-refractivity contribution in [2.45, 2.75) is 37.5 Å². The van der Waals surface area contributed by atoms with Gasteiger partial charge >= 0.3 is 0 Å². The molecule has 0 bridgehead atoms. The van der Waals surface area contributed by atoms with Crippen LogP contribution in [0.5, 0.6) is 0 Å².